The molecule has 0 bridgehead atoms. The number of rotatable bonds is 4. The molecule has 0 spiro atoms. The average molecular weight is 192 g/mol. The first-order chi connectivity index (χ1) is 6.59. The molecule has 2 heteroatoms. The molecule has 76 valence electrons. The number of benzene rings is 1. The first-order valence-corrected chi connectivity index (χ1v) is 4.68. The monoisotopic (exact) mass is 192 g/mol. The van der Waals surface area contributed by atoms with E-state index in [9.17, 15) is 5.11 Å². The lowest BCUT2D eigenvalue weighted by molar-refractivity contribution is 0.0657. The van der Waals surface area contributed by atoms with Crippen LogP contribution in [0.15, 0.2) is 30.8 Å². The summed E-state index contributed by atoms with van der Waals surface area (Å²) in [4.78, 5) is 0. The maximum absolute atomic E-state index is 9.19. The van der Waals surface area contributed by atoms with Crippen LogP contribution in [0.2, 0.25) is 0 Å². The molecule has 0 aliphatic rings. The molecule has 14 heavy (non-hydrogen) atoms. The van der Waals surface area contributed by atoms with Crippen molar-refractivity contribution in [3.05, 3.63) is 42.0 Å². The minimum atomic E-state index is 0.0939. The van der Waals surface area contributed by atoms with Crippen LogP contribution in [0.4, 0.5) is 0 Å². The fourth-order valence-corrected chi connectivity index (χ4v) is 1.10. The fraction of sp³-hybridized carbons (Fsp3) is 0.333. The summed E-state index contributed by atoms with van der Waals surface area (Å²) in [6.45, 7) is 8.03. The maximum atomic E-state index is 9.19. The lowest BCUT2D eigenvalue weighted by Crippen LogP contribution is -2.02. The predicted molar refractivity (Wildman–Crippen MR) is 58.0 cm³/mol. The Morgan fingerprint density at radius 2 is 2.21 bits per heavy atom. The molecule has 0 saturated carbocycles. The van der Waals surface area contributed by atoms with E-state index in [0.29, 0.717) is 6.61 Å². The summed E-state index contributed by atoms with van der Waals surface area (Å²) in [5.74, 6) is 0.0939. The molecule has 1 N–H and O–H groups in total. The highest BCUT2D eigenvalue weighted by Gasteiger charge is 1.99. The minimum Gasteiger partial charge on any atom is -0.508 e. The van der Waals surface area contributed by atoms with E-state index >= 15 is 0 Å². The maximum Gasteiger partial charge on any atom is 0.115 e. The van der Waals surface area contributed by atoms with Crippen LogP contribution in [0.3, 0.4) is 0 Å². The van der Waals surface area contributed by atoms with Gasteiger partial charge in [0, 0.05) is 5.56 Å². The summed E-state index contributed by atoms with van der Waals surface area (Å²) in [5.41, 5.74) is 1.79. The topological polar surface area (TPSA) is 29.5 Å². The van der Waals surface area contributed by atoms with Crippen molar-refractivity contribution in [2.45, 2.75) is 26.6 Å². The van der Waals surface area contributed by atoms with Gasteiger partial charge in [0.2, 0.25) is 0 Å². The number of hydrogen-bond acceptors (Lipinski definition) is 2. The fourth-order valence-electron chi connectivity index (χ4n) is 1.10. The van der Waals surface area contributed by atoms with Crippen LogP contribution in [0, 0.1) is 0 Å². The Bertz CT molecular complexity index is 316. The van der Waals surface area contributed by atoms with Gasteiger partial charge in [-0.15, -0.1) is 0 Å². The molecule has 0 unspecified atom stereocenters. The van der Waals surface area contributed by atoms with Crippen molar-refractivity contribution in [2.24, 2.45) is 0 Å². The van der Waals surface area contributed by atoms with Crippen molar-refractivity contribution in [1.29, 1.82) is 0 Å². The van der Waals surface area contributed by atoms with Crippen LogP contribution >= 0.6 is 0 Å². The molecule has 1 aromatic carbocycles. The third-order valence-corrected chi connectivity index (χ3v) is 1.84. The Morgan fingerprint density at radius 1 is 1.50 bits per heavy atom. The summed E-state index contributed by atoms with van der Waals surface area (Å²) in [7, 11) is 0. The third kappa shape index (κ3) is 3.23. The Labute approximate surface area is 84.8 Å². The normalized spacial score (nSPS) is 10.5. The second-order valence-electron chi connectivity index (χ2n) is 3.51. The Balaban J connectivity index is 2.69. The van der Waals surface area contributed by atoms with E-state index in [0.717, 1.165) is 11.1 Å². The highest BCUT2D eigenvalue weighted by Crippen LogP contribution is 2.12. The summed E-state index contributed by atoms with van der Waals surface area (Å²) < 4.78 is 5.45. The number of ether oxygens (including phenoxy) is 1. The lowest BCUT2D eigenvalue weighted by atomic mass is 10.1. The van der Waals surface area contributed by atoms with E-state index in [-0.39, 0.29) is 11.9 Å². The molecule has 0 aliphatic heterocycles. The van der Waals surface area contributed by atoms with Crippen molar-refractivity contribution in [2.75, 3.05) is 0 Å². The van der Waals surface area contributed by atoms with Crippen molar-refractivity contribution < 1.29 is 9.84 Å². The highest BCUT2D eigenvalue weighted by atomic mass is 16.5. The van der Waals surface area contributed by atoms with Crippen LogP contribution in [0.5, 0.6) is 0 Å². The molecule has 0 saturated heterocycles. The van der Waals surface area contributed by atoms with Gasteiger partial charge in [-0.05, 0) is 25.5 Å². The van der Waals surface area contributed by atoms with Gasteiger partial charge in [0.25, 0.3) is 0 Å². The molecule has 2 nitrogen and oxygen atoms in total. The van der Waals surface area contributed by atoms with Gasteiger partial charge in [0.05, 0.1) is 12.7 Å². The highest BCUT2D eigenvalue weighted by molar-refractivity contribution is 5.56. The minimum absolute atomic E-state index is 0.0939. The molecular weight excluding hydrogens is 176 g/mol. The van der Waals surface area contributed by atoms with E-state index in [2.05, 4.69) is 6.58 Å². The van der Waals surface area contributed by atoms with Gasteiger partial charge in [-0.1, -0.05) is 24.8 Å². The zero-order valence-corrected chi connectivity index (χ0v) is 8.66. The number of hydrogen-bond donors (Lipinski definition) is 1. The van der Waals surface area contributed by atoms with Gasteiger partial charge in [-0.25, -0.2) is 0 Å². The van der Waals surface area contributed by atoms with Crippen molar-refractivity contribution in [1.82, 2.24) is 0 Å². The Hall–Kier alpha value is -1.28. The molecule has 0 fully saturated rings. The van der Waals surface area contributed by atoms with Gasteiger partial charge in [0.15, 0.2) is 0 Å². The molecular formula is C12H16O2. The van der Waals surface area contributed by atoms with Gasteiger partial charge in [-0.3, -0.25) is 0 Å². The standard InChI is InChI=1S/C12H16O2/c1-9(2)14-8-11-5-4-6-12(7-11)10(3)13/h4-7,9,13H,3,8H2,1-2H3. The predicted octanol–water partition coefficient (Wildman–Crippen LogP) is 3.14. The summed E-state index contributed by atoms with van der Waals surface area (Å²) in [6, 6.07) is 7.55. The van der Waals surface area contributed by atoms with E-state index in [1.807, 2.05) is 38.1 Å². The van der Waals surface area contributed by atoms with Gasteiger partial charge >= 0.3 is 0 Å². The smallest absolute Gasteiger partial charge is 0.115 e. The quantitative estimate of drug-likeness (QED) is 0.742. The second-order valence-corrected chi connectivity index (χ2v) is 3.51. The third-order valence-electron chi connectivity index (χ3n) is 1.84. The Morgan fingerprint density at radius 3 is 2.79 bits per heavy atom. The van der Waals surface area contributed by atoms with E-state index in [1.165, 1.54) is 0 Å². The van der Waals surface area contributed by atoms with Crippen LogP contribution in [0.25, 0.3) is 5.76 Å². The van der Waals surface area contributed by atoms with Crippen LogP contribution < -0.4 is 0 Å². The van der Waals surface area contributed by atoms with Crippen molar-refractivity contribution in [3.63, 3.8) is 0 Å². The van der Waals surface area contributed by atoms with E-state index in [1.54, 1.807) is 0 Å². The Kier molecular flexibility index (Phi) is 3.72. The molecule has 1 aromatic rings. The van der Waals surface area contributed by atoms with E-state index in [4.69, 9.17) is 4.74 Å². The van der Waals surface area contributed by atoms with Crippen LogP contribution in [-0.2, 0) is 11.3 Å². The molecule has 0 amide bonds. The summed E-state index contributed by atoms with van der Waals surface area (Å²) >= 11 is 0. The summed E-state index contributed by atoms with van der Waals surface area (Å²) in [5, 5.41) is 9.19. The van der Waals surface area contributed by atoms with Gasteiger partial charge < -0.3 is 9.84 Å². The van der Waals surface area contributed by atoms with Crippen molar-refractivity contribution >= 4 is 5.76 Å². The SMILES string of the molecule is C=C(O)c1cccc(COC(C)C)c1. The van der Waals surface area contributed by atoms with Crippen LogP contribution in [-0.4, -0.2) is 11.2 Å². The van der Waals surface area contributed by atoms with Crippen molar-refractivity contribution in [3.8, 4) is 0 Å². The number of aliphatic hydroxyl groups excluding tert-OH is 1. The van der Waals surface area contributed by atoms with E-state index < -0.39 is 0 Å². The second kappa shape index (κ2) is 4.82. The largest absolute Gasteiger partial charge is 0.508 e. The first kappa shape index (κ1) is 10.8. The average Bonchev–Trinajstić information content (AvgIpc) is 2.15. The first-order valence-electron chi connectivity index (χ1n) is 4.68. The number of aliphatic hydroxyl groups is 1. The molecule has 0 aromatic heterocycles. The zero-order valence-electron chi connectivity index (χ0n) is 8.66. The molecule has 0 atom stereocenters. The molecule has 0 radical (unpaired) electrons. The van der Waals surface area contributed by atoms with Gasteiger partial charge in [-0.2, -0.15) is 0 Å². The lowest BCUT2D eigenvalue weighted by Gasteiger charge is -2.08. The van der Waals surface area contributed by atoms with Gasteiger partial charge in [0.1, 0.15) is 5.76 Å². The molecule has 0 heterocycles. The molecule has 1 rings (SSSR count). The van der Waals surface area contributed by atoms with Crippen LogP contribution in [0.1, 0.15) is 25.0 Å². The zero-order chi connectivity index (χ0) is 10.6. The molecule has 0 aliphatic carbocycles. The summed E-state index contributed by atoms with van der Waals surface area (Å²) in [6.07, 6.45) is 0.219.